The second-order valence-electron chi connectivity index (χ2n) is 5.08. The molecule has 0 rings (SSSR count). The summed E-state index contributed by atoms with van der Waals surface area (Å²) >= 11 is 0. The zero-order valence-corrected chi connectivity index (χ0v) is 14.0. The van der Waals surface area contributed by atoms with Gasteiger partial charge in [0.1, 0.15) is 0 Å². The van der Waals surface area contributed by atoms with Gasteiger partial charge in [0.05, 0.1) is 5.92 Å². The van der Waals surface area contributed by atoms with E-state index in [0.717, 1.165) is 25.7 Å². The predicted molar refractivity (Wildman–Crippen MR) is 81.7 cm³/mol. The van der Waals surface area contributed by atoms with Crippen molar-refractivity contribution >= 4 is 0 Å². The average molecular weight is 290 g/mol. The molecule has 0 aromatic heterocycles. The molecular formula is C16H34O4. The summed E-state index contributed by atoms with van der Waals surface area (Å²) in [6.45, 7) is 13.3. The molecule has 0 unspecified atom stereocenters. The molecule has 0 saturated carbocycles. The van der Waals surface area contributed by atoms with E-state index in [1.165, 1.54) is 0 Å². The molecule has 0 bridgehead atoms. The van der Waals surface area contributed by atoms with E-state index in [9.17, 15) is 0 Å². The fourth-order valence-corrected chi connectivity index (χ4v) is 1.77. The predicted octanol–water partition coefficient (Wildman–Crippen LogP) is 3.98. The highest BCUT2D eigenvalue weighted by Crippen LogP contribution is 2.19. The summed E-state index contributed by atoms with van der Waals surface area (Å²) in [6.07, 6.45) is 3.41. The highest BCUT2D eigenvalue weighted by molar-refractivity contribution is 4.63. The molecule has 4 heteroatoms. The molecule has 0 amide bonds. The van der Waals surface area contributed by atoms with Crippen LogP contribution in [0.3, 0.4) is 0 Å². The third-order valence-electron chi connectivity index (χ3n) is 2.80. The maximum Gasteiger partial charge on any atom is 0.164 e. The summed E-state index contributed by atoms with van der Waals surface area (Å²) in [5.74, 6) is 0.0613. The summed E-state index contributed by atoms with van der Waals surface area (Å²) in [6, 6.07) is 0. The number of hydrogen-bond donors (Lipinski definition) is 0. The van der Waals surface area contributed by atoms with E-state index in [2.05, 4.69) is 34.6 Å². The van der Waals surface area contributed by atoms with Crippen LogP contribution >= 0.6 is 0 Å². The van der Waals surface area contributed by atoms with E-state index in [-0.39, 0.29) is 18.5 Å². The van der Waals surface area contributed by atoms with Crippen molar-refractivity contribution in [1.82, 2.24) is 0 Å². The summed E-state index contributed by atoms with van der Waals surface area (Å²) in [5.41, 5.74) is 0. The lowest BCUT2D eigenvalue weighted by Crippen LogP contribution is -2.38. The highest BCUT2D eigenvalue weighted by Gasteiger charge is 2.28. The standard InChI is InChI=1S/C16H34O4/c1-6-10-17-15(18-11-7-2)14(5)16(19-12-8-3)20-13-9-4/h14-16H,6-13H2,1-5H3. The molecule has 0 aliphatic carbocycles. The number of rotatable bonds is 14. The van der Waals surface area contributed by atoms with Crippen LogP contribution in [0.25, 0.3) is 0 Å². The van der Waals surface area contributed by atoms with E-state index >= 15 is 0 Å². The van der Waals surface area contributed by atoms with Gasteiger partial charge in [0.25, 0.3) is 0 Å². The second-order valence-corrected chi connectivity index (χ2v) is 5.08. The van der Waals surface area contributed by atoms with Gasteiger partial charge in [-0.25, -0.2) is 0 Å². The van der Waals surface area contributed by atoms with Gasteiger partial charge in [-0.2, -0.15) is 0 Å². The topological polar surface area (TPSA) is 36.9 Å². The lowest BCUT2D eigenvalue weighted by Gasteiger charge is -2.30. The van der Waals surface area contributed by atoms with Gasteiger partial charge < -0.3 is 18.9 Å². The first-order chi connectivity index (χ1) is 9.71. The number of ether oxygens (including phenoxy) is 4. The maximum atomic E-state index is 5.81. The van der Waals surface area contributed by atoms with Crippen LogP contribution in [0.1, 0.15) is 60.3 Å². The Hall–Kier alpha value is -0.160. The quantitative estimate of drug-likeness (QED) is 0.453. The normalized spacial score (nSPS) is 12.0. The van der Waals surface area contributed by atoms with Crippen molar-refractivity contribution in [2.45, 2.75) is 72.9 Å². The summed E-state index contributed by atoms with van der Waals surface area (Å²) in [4.78, 5) is 0. The first-order valence-corrected chi connectivity index (χ1v) is 8.17. The Balaban J connectivity index is 4.49. The zero-order valence-electron chi connectivity index (χ0n) is 14.0. The summed E-state index contributed by atoms with van der Waals surface area (Å²) in [5, 5.41) is 0. The van der Waals surface area contributed by atoms with Crippen molar-refractivity contribution in [3.8, 4) is 0 Å². The van der Waals surface area contributed by atoms with Gasteiger partial charge in [0.2, 0.25) is 0 Å². The van der Waals surface area contributed by atoms with Crippen LogP contribution in [-0.4, -0.2) is 39.0 Å². The summed E-state index contributed by atoms with van der Waals surface area (Å²) < 4.78 is 23.3. The van der Waals surface area contributed by atoms with Crippen LogP contribution in [0.2, 0.25) is 0 Å². The van der Waals surface area contributed by atoms with E-state index in [1.54, 1.807) is 0 Å². The van der Waals surface area contributed by atoms with Crippen molar-refractivity contribution in [3.05, 3.63) is 0 Å². The van der Waals surface area contributed by atoms with Crippen LogP contribution in [0, 0.1) is 5.92 Å². The highest BCUT2D eigenvalue weighted by atomic mass is 16.7. The Morgan fingerprint density at radius 2 is 0.800 bits per heavy atom. The van der Waals surface area contributed by atoms with Crippen LogP contribution in [-0.2, 0) is 18.9 Å². The molecule has 0 spiro atoms. The Labute approximate surface area is 125 Å². The molecule has 0 heterocycles. The van der Waals surface area contributed by atoms with Crippen molar-refractivity contribution < 1.29 is 18.9 Å². The smallest absolute Gasteiger partial charge is 0.164 e. The number of hydrogen-bond acceptors (Lipinski definition) is 4. The van der Waals surface area contributed by atoms with Gasteiger partial charge in [0, 0.05) is 26.4 Å². The van der Waals surface area contributed by atoms with Crippen molar-refractivity contribution in [3.63, 3.8) is 0 Å². The lowest BCUT2D eigenvalue weighted by atomic mass is 10.1. The molecule has 20 heavy (non-hydrogen) atoms. The fraction of sp³-hybridized carbons (Fsp3) is 1.00. The van der Waals surface area contributed by atoms with Gasteiger partial charge in [-0.3, -0.25) is 0 Å². The van der Waals surface area contributed by atoms with Crippen molar-refractivity contribution in [2.75, 3.05) is 26.4 Å². The molecule has 0 aromatic rings. The molecule has 0 N–H and O–H groups in total. The minimum atomic E-state index is -0.256. The van der Waals surface area contributed by atoms with Crippen LogP contribution < -0.4 is 0 Å². The van der Waals surface area contributed by atoms with E-state index in [4.69, 9.17) is 18.9 Å². The minimum Gasteiger partial charge on any atom is -0.352 e. The average Bonchev–Trinajstić information content (AvgIpc) is 2.47. The third kappa shape index (κ3) is 8.90. The van der Waals surface area contributed by atoms with Gasteiger partial charge >= 0.3 is 0 Å². The molecule has 0 aliphatic heterocycles. The van der Waals surface area contributed by atoms with E-state index in [0.29, 0.717) is 26.4 Å². The molecule has 0 aromatic carbocycles. The Morgan fingerprint density at radius 1 is 0.550 bits per heavy atom. The van der Waals surface area contributed by atoms with Crippen LogP contribution in [0.4, 0.5) is 0 Å². The van der Waals surface area contributed by atoms with Gasteiger partial charge in [-0.05, 0) is 25.7 Å². The van der Waals surface area contributed by atoms with Crippen molar-refractivity contribution in [2.24, 2.45) is 5.92 Å². The lowest BCUT2D eigenvalue weighted by molar-refractivity contribution is -0.246. The van der Waals surface area contributed by atoms with E-state index in [1.807, 2.05) is 0 Å². The second kappa shape index (κ2) is 13.8. The SMILES string of the molecule is CCCOC(OCCC)C(C)C(OCCC)OCCC. The van der Waals surface area contributed by atoms with Gasteiger partial charge in [0.15, 0.2) is 12.6 Å². The third-order valence-corrected chi connectivity index (χ3v) is 2.80. The largest absolute Gasteiger partial charge is 0.352 e. The van der Waals surface area contributed by atoms with E-state index < -0.39 is 0 Å². The van der Waals surface area contributed by atoms with Gasteiger partial charge in [-0.1, -0.05) is 34.6 Å². The Kier molecular flexibility index (Phi) is 13.7. The first-order valence-electron chi connectivity index (χ1n) is 8.17. The van der Waals surface area contributed by atoms with Gasteiger partial charge in [-0.15, -0.1) is 0 Å². The molecule has 0 radical (unpaired) electrons. The monoisotopic (exact) mass is 290 g/mol. The molecular weight excluding hydrogens is 256 g/mol. The molecule has 0 fully saturated rings. The maximum absolute atomic E-state index is 5.81. The zero-order chi connectivity index (χ0) is 15.2. The Bertz CT molecular complexity index is 163. The molecule has 0 aliphatic rings. The Morgan fingerprint density at radius 3 is 1.00 bits per heavy atom. The molecule has 122 valence electrons. The van der Waals surface area contributed by atoms with Crippen LogP contribution in [0.5, 0.6) is 0 Å². The molecule has 0 atom stereocenters. The summed E-state index contributed by atoms with van der Waals surface area (Å²) in [7, 11) is 0. The molecule has 4 nitrogen and oxygen atoms in total. The van der Waals surface area contributed by atoms with Crippen molar-refractivity contribution in [1.29, 1.82) is 0 Å². The first kappa shape index (κ1) is 19.8. The molecule has 0 saturated heterocycles. The fourth-order valence-electron chi connectivity index (χ4n) is 1.77. The minimum absolute atomic E-state index is 0.0613. The van der Waals surface area contributed by atoms with Crippen LogP contribution in [0.15, 0.2) is 0 Å².